The van der Waals surface area contributed by atoms with Gasteiger partial charge in [0.2, 0.25) is 0 Å². The summed E-state index contributed by atoms with van der Waals surface area (Å²) in [5.41, 5.74) is 1.38. The molecule has 90 valence electrons. The highest BCUT2D eigenvalue weighted by molar-refractivity contribution is 5.15. The summed E-state index contributed by atoms with van der Waals surface area (Å²) in [4.78, 5) is 0. The smallest absolute Gasteiger partial charge is 0.117 e. The van der Waals surface area contributed by atoms with Crippen LogP contribution in [0.5, 0.6) is 0 Å². The van der Waals surface area contributed by atoms with E-state index in [4.69, 9.17) is 4.42 Å². The second kappa shape index (κ2) is 6.26. The Morgan fingerprint density at radius 2 is 1.94 bits per heavy atom. The lowest BCUT2D eigenvalue weighted by molar-refractivity contribution is 0.434. The Morgan fingerprint density at radius 1 is 1.12 bits per heavy atom. The molecule has 0 fully saturated rings. The number of hydrogen-bond acceptors (Lipinski definition) is 2. The van der Waals surface area contributed by atoms with Crippen molar-refractivity contribution in [1.82, 2.24) is 5.32 Å². The van der Waals surface area contributed by atoms with Gasteiger partial charge in [-0.3, -0.25) is 0 Å². The predicted molar refractivity (Wildman–Crippen MR) is 69.8 cm³/mol. The second-order valence-electron chi connectivity index (χ2n) is 4.26. The molecule has 1 atom stereocenters. The maximum Gasteiger partial charge on any atom is 0.117 e. The van der Waals surface area contributed by atoms with Crippen LogP contribution in [0.1, 0.15) is 24.7 Å². The minimum atomic E-state index is 0.502. The van der Waals surface area contributed by atoms with E-state index in [1.807, 2.05) is 12.1 Å². The van der Waals surface area contributed by atoms with Crippen LogP contribution < -0.4 is 5.32 Å². The van der Waals surface area contributed by atoms with E-state index < -0.39 is 0 Å². The minimum absolute atomic E-state index is 0.502. The third kappa shape index (κ3) is 3.75. The third-order valence-electron chi connectivity index (χ3n) is 2.96. The van der Waals surface area contributed by atoms with Gasteiger partial charge in [0.1, 0.15) is 5.76 Å². The summed E-state index contributed by atoms with van der Waals surface area (Å²) >= 11 is 0. The molecule has 0 aliphatic rings. The van der Waals surface area contributed by atoms with E-state index in [0.29, 0.717) is 6.04 Å². The van der Waals surface area contributed by atoms with Crippen LogP contribution in [0.4, 0.5) is 0 Å². The maximum absolute atomic E-state index is 5.32. The van der Waals surface area contributed by atoms with Crippen LogP contribution in [0.3, 0.4) is 0 Å². The molecule has 0 saturated carbocycles. The molecule has 0 saturated heterocycles. The van der Waals surface area contributed by atoms with Crippen LogP contribution in [0.25, 0.3) is 0 Å². The normalized spacial score (nSPS) is 12.5. The van der Waals surface area contributed by atoms with Crippen molar-refractivity contribution in [2.45, 2.75) is 32.4 Å². The molecule has 2 heteroatoms. The highest BCUT2D eigenvalue weighted by Gasteiger charge is 2.07. The van der Waals surface area contributed by atoms with Crippen LogP contribution in [-0.2, 0) is 13.0 Å². The molecule has 0 amide bonds. The lowest BCUT2D eigenvalue weighted by Crippen LogP contribution is -2.29. The van der Waals surface area contributed by atoms with Gasteiger partial charge in [-0.25, -0.2) is 0 Å². The molecule has 0 aliphatic heterocycles. The van der Waals surface area contributed by atoms with Crippen molar-refractivity contribution in [3.05, 3.63) is 60.1 Å². The van der Waals surface area contributed by atoms with Gasteiger partial charge in [-0.1, -0.05) is 37.3 Å². The Labute approximate surface area is 103 Å². The van der Waals surface area contributed by atoms with E-state index >= 15 is 0 Å². The molecule has 2 rings (SSSR count). The molecule has 1 unspecified atom stereocenters. The Bertz CT molecular complexity index is 408. The molecule has 2 nitrogen and oxygen atoms in total. The summed E-state index contributed by atoms with van der Waals surface area (Å²) in [7, 11) is 0. The largest absolute Gasteiger partial charge is 0.468 e. The lowest BCUT2D eigenvalue weighted by Gasteiger charge is -2.16. The van der Waals surface area contributed by atoms with E-state index in [9.17, 15) is 0 Å². The molecule has 17 heavy (non-hydrogen) atoms. The number of rotatable bonds is 6. The summed E-state index contributed by atoms with van der Waals surface area (Å²) < 4.78 is 5.32. The summed E-state index contributed by atoms with van der Waals surface area (Å²) in [6.07, 6.45) is 3.91. The second-order valence-corrected chi connectivity index (χ2v) is 4.26. The third-order valence-corrected chi connectivity index (χ3v) is 2.96. The van der Waals surface area contributed by atoms with Crippen molar-refractivity contribution in [2.75, 3.05) is 0 Å². The number of hydrogen-bond donors (Lipinski definition) is 1. The summed E-state index contributed by atoms with van der Waals surface area (Å²) in [5, 5.41) is 3.53. The fourth-order valence-electron chi connectivity index (χ4n) is 1.92. The highest BCUT2D eigenvalue weighted by Crippen LogP contribution is 2.07. The highest BCUT2D eigenvalue weighted by atomic mass is 16.3. The molecule has 1 N–H and O–H groups in total. The summed E-state index contributed by atoms with van der Waals surface area (Å²) in [6.45, 7) is 3.01. The van der Waals surface area contributed by atoms with E-state index in [2.05, 4.69) is 42.6 Å². The van der Waals surface area contributed by atoms with Crippen molar-refractivity contribution in [3.8, 4) is 0 Å². The molecule has 2 aromatic rings. The fraction of sp³-hybridized carbons (Fsp3) is 0.333. The quantitative estimate of drug-likeness (QED) is 0.821. The first-order valence-electron chi connectivity index (χ1n) is 6.18. The average Bonchev–Trinajstić information content (AvgIpc) is 2.89. The van der Waals surface area contributed by atoms with Gasteiger partial charge in [-0.05, 0) is 30.5 Å². The molecule has 0 aliphatic carbocycles. The predicted octanol–water partition coefficient (Wildman–Crippen LogP) is 3.39. The zero-order valence-corrected chi connectivity index (χ0v) is 10.2. The van der Waals surface area contributed by atoms with Gasteiger partial charge in [0.05, 0.1) is 12.8 Å². The monoisotopic (exact) mass is 229 g/mol. The topological polar surface area (TPSA) is 25.2 Å². The lowest BCUT2D eigenvalue weighted by atomic mass is 10.0. The van der Waals surface area contributed by atoms with Gasteiger partial charge >= 0.3 is 0 Å². The van der Waals surface area contributed by atoms with E-state index in [1.54, 1.807) is 6.26 Å². The Balaban J connectivity index is 1.85. The van der Waals surface area contributed by atoms with Crippen LogP contribution in [0, 0.1) is 0 Å². The van der Waals surface area contributed by atoms with Crippen molar-refractivity contribution in [1.29, 1.82) is 0 Å². The Kier molecular flexibility index (Phi) is 4.39. The number of furan rings is 1. The van der Waals surface area contributed by atoms with Crippen LogP contribution in [-0.4, -0.2) is 6.04 Å². The molecule has 0 spiro atoms. The number of nitrogens with one attached hydrogen (secondary N) is 1. The van der Waals surface area contributed by atoms with Crippen molar-refractivity contribution in [3.63, 3.8) is 0 Å². The van der Waals surface area contributed by atoms with Crippen LogP contribution >= 0.6 is 0 Å². The van der Waals surface area contributed by atoms with Crippen molar-refractivity contribution < 1.29 is 4.42 Å². The van der Waals surface area contributed by atoms with E-state index in [-0.39, 0.29) is 0 Å². The van der Waals surface area contributed by atoms with Crippen LogP contribution in [0.15, 0.2) is 53.1 Å². The standard InChI is InChI=1S/C15H19NO/c1-2-14(11-13-7-4-3-5-8-13)16-12-15-9-6-10-17-15/h3-10,14,16H,2,11-12H2,1H3. The maximum atomic E-state index is 5.32. The first-order valence-corrected chi connectivity index (χ1v) is 6.18. The zero-order chi connectivity index (χ0) is 11.9. The van der Waals surface area contributed by atoms with Gasteiger partial charge in [0.25, 0.3) is 0 Å². The van der Waals surface area contributed by atoms with Crippen molar-refractivity contribution >= 4 is 0 Å². The van der Waals surface area contributed by atoms with Gasteiger partial charge in [-0.2, -0.15) is 0 Å². The van der Waals surface area contributed by atoms with Crippen LogP contribution in [0.2, 0.25) is 0 Å². The zero-order valence-electron chi connectivity index (χ0n) is 10.2. The van der Waals surface area contributed by atoms with E-state index in [1.165, 1.54) is 5.56 Å². The Hall–Kier alpha value is -1.54. The molecule has 0 radical (unpaired) electrons. The average molecular weight is 229 g/mol. The Morgan fingerprint density at radius 3 is 2.59 bits per heavy atom. The number of benzene rings is 1. The molecule has 1 heterocycles. The minimum Gasteiger partial charge on any atom is -0.468 e. The van der Waals surface area contributed by atoms with Gasteiger partial charge in [-0.15, -0.1) is 0 Å². The SMILES string of the molecule is CCC(Cc1ccccc1)NCc1ccco1. The summed E-state index contributed by atoms with van der Waals surface area (Å²) in [5.74, 6) is 0.997. The molecule has 0 bridgehead atoms. The van der Waals surface area contributed by atoms with Gasteiger partial charge in [0, 0.05) is 6.04 Å². The summed E-state index contributed by atoms with van der Waals surface area (Å²) in [6, 6.07) is 15.0. The van der Waals surface area contributed by atoms with Crippen molar-refractivity contribution in [2.24, 2.45) is 0 Å². The van der Waals surface area contributed by atoms with Gasteiger partial charge in [0.15, 0.2) is 0 Å². The molecule has 1 aromatic carbocycles. The molecular weight excluding hydrogens is 210 g/mol. The van der Waals surface area contributed by atoms with Gasteiger partial charge < -0.3 is 9.73 Å². The van der Waals surface area contributed by atoms with E-state index in [0.717, 1.165) is 25.1 Å². The molecular formula is C15H19NO. The first kappa shape index (κ1) is 11.9. The first-order chi connectivity index (χ1) is 8.38. The molecule has 1 aromatic heterocycles. The fourth-order valence-corrected chi connectivity index (χ4v) is 1.92.